The first-order valence-electron chi connectivity index (χ1n) is 10.1. The minimum absolute atomic E-state index is 0.0141. The number of pyridine rings is 1. The molecule has 2 aromatic rings. The summed E-state index contributed by atoms with van der Waals surface area (Å²) in [6.07, 6.45) is 10.5. The summed E-state index contributed by atoms with van der Waals surface area (Å²) < 4.78 is 1.73. The molecule has 30 heavy (non-hydrogen) atoms. The van der Waals surface area contributed by atoms with Crippen LogP contribution in [0.2, 0.25) is 0 Å². The number of aromatic nitrogens is 3. The van der Waals surface area contributed by atoms with Crippen LogP contribution < -0.4 is 11.5 Å². The Morgan fingerprint density at radius 3 is 2.40 bits per heavy atom. The smallest absolute Gasteiger partial charge is 0.267 e. The fourth-order valence-corrected chi connectivity index (χ4v) is 3.20. The molecule has 1 fully saturated rings. The number of imidazole rings is 1. The number of primary amides is 1. The highest BCUT2D eigenvalue weighted by atomic mass is 16.1. The zero-order valence-corrected chi connectivity index (χ0v) is 18.1. The van der Waals surface area contributed by atoms with Crippen molar-refractivity contribution in [2.75, 3.05) is 5.73 Å². The average Bonchev–Trinajstić information content (AvgIpc) is 3.01. The standard InChI is InChI=1S/C16H19N7O.C6H12/c1-8(4-9(2)18)13-7-23(3)16(22-13)14-10(6-17)11(19)5-12(21-14)15(20)24;1-2-6-4-3-5-6/h4-7,17-18H,1-3H3,(H2,19,21)(H2,20,24);6H,2-5H2,1H3/b8-4+,17-6?,18-9?;. The third-order valence-corrected chi connectivity index (χ3v) is 5.21. The van der Waals surface area contributed by atoms with Crippen molar-refractivity contribution in [3.8, 4) is 11.5 Å². The molecule has 0 bridgehead atoms. The van der Waals surface area contributed by atoms with Crippen LogP contribution in [0.3, 0.4) is 0 Å². The van der Waals surface area contributed by atoms with Crippen LogP contribution in [0.5, 0.6) is 0 Å². The molecule has 0 radical (unpaired) electrons. The minimum atomic E-state index is -0.704. The number of carbonyl (C=O) groups is 1. The maximum absolute atomic E-state index is 11.4. The van der Waals surface area contributed by atoms with Gasteiger partial charge in [-0.1, -0.05) is 32.6 Å². The highest BCUT2D eigenvalue weighted by Gasteiger charge is 2.18. The van der Waals surface area contributed by atoms with Crippen molar-refractivity contribution in [2.24, 2.45) is 18.7 Å². The van der Waals surface area contributed by atoms with Gasteiger partial charge in [-0.15, -0.1) is 0 Å². The molecule has 8 nitrogen and oxygen atoms in total. The Morgan fingerprint density at radius 1 is 1.30 bits per heavy atom. The quantitative estimate of drug-likeness (QED) is 0.537. The van der Waals surface area contributed by atoms with Crippen LogP contribution in [-0.2, 0) is 7.05 Å². The van der Waals surface area contributed by atoms with Gasteiger partial charge in [-0.25, -0.2) is 9.97 Å². The third-order valence-electron chi connectivity index (χ3n) is 5.21. The molecular weight excluding hydrogens is 378 g/mol. The van der Waals surface area contributed by atoms with E-state index in [1.165, 1.54) is 31.7 Å². The summed E-state index contributed by atoms with van der Waals surface area (Å²) in [6, 6.07) is 1.35. The monoisotopic (exact) mass is 409 g/mol. The maximum Gasteiger partial charge on any atom is 0.267 e. The predicted molar refractivity (Wildman–Crippen MR) is 122 cm³/mol. The van der Waals surface area contributed by atoms with Crippen molar-refractivity contribution in [2.45, 2.75) is 46.5 Å². The molecule has 0 saturated heterocycles. The van der Waals surface area contributed by atoms with Crippen LogP contribution in [0.4, 0.5) is 5.69 Å². The Labute approximate surface area is 177 Å². The lowest BCUT2D eigenvalue weighted by Gasteiger charge is -2.22. The minimum Gasteiger partial charge on any atom is -0.398 e. The summed E-state index contributed by atoms with van der Waals surface area (Å²) in [5, 5.41) is 15.1. The molecule has 1 aliphatic rings. The molecule has 3 rings (SSSR count). The number of nitrogen functional groups attached to an aromatic ring is 1. The first kappa shape index (κ1) is 23.0. The number of hydrogen-bond donors (Lipinski definition) is 4. The van der Waals surface area contributed by atoms with E-state index in [0.717, 1.165) is 17.7 Å². The first-order valence-corrected chi connectivity index (χ1v) is 10.1. The van der Waals surface area contributed by atoms with Gasteiger partial charge < -0.3 is 26.9 Å². The fourth-order valence-electron chi connectivity index (χ4n) is 3.20. The number of amides is 1. The van der Waals surface area contributed by atoms with E-state index in [9.17, 15) is 4.79 Å². The molecule has 0 atom stereocenters. The largest absolute Gasteiger partial charge is 0.398 e. The zero-order valence-electron chi connectivity index (χ0n) is 18.1. The summed E-state index contributed by atoms with van der Waals surface area (Å²) in [5.41, 5.74) is 14.0. The molecule has 6 N–H and O–H groups in total. The molecule has 0 spiro atoms. The number of nitrogens with one attached hydrogen (secondary N) is 2. The Bertz CT molecular complexity index is 981. The van der Waals surface area contributed by atoms with Gasteiger partial charge in [0.15, 0.2) is 5.82 Å². The zero-order chi connectivity index (χ0) is 22.4. The second kappa shape index (κ2) is 9.96. The molecule has 2 heterocycles. The van der Waals surface area contributed by atoms with Gasteiger partial charge in [0.2, 0.25) is 0 Å². The molecule has 0 aromatic carbocycles. The SMILES string of the molecule is CC(=N)/C=C(\C)c1cn(C)c(-c2nc(C(N)=O)cc(N)c2C=N)n1.CCC1CCC1. The lowest BCUT2D eigenvalue weighted by molar-refractivity contribution is 0.0995. The summed E-state index contributed by atoms with van der Waals surface area (Å²) in [4.78, 5) is 20.2. The maximum atomic E-state index is 11.4. The van der Waals surface area contributed by atoms with Crippen molar-refractivity contribution < 1.29 is 4.79 Å². The van der Waals surface area contributed by atoms with Gasteiger partial charge in [-0.3, -0.25) is 4.79 Å². The van der Waals surface area contributed by atoms with E-state index in [2.05, 4.69) is 16.9 Å². The molecule has 8 heteroatoms. The van der Waals surface area contributed by atoms with Crippen LogP contribution >= 0.6 is 0 Å². The number of hydrogen-bond acceptors (Lipinski definition) is 6. The van der Waals surface area contributed by atoms with E-state index in [-0.39, 0.29) is 11.4 Å². The second-order valence-electron chi connectivity index (χ2n) is 7.64. The van der Waals surface area contributed by atoms with E-state index in [4.69, 9.17) is 22.3 Å². The van der Waals surface area contributed by atoms with Gasteiger partial charge in [-0.2, -0.15) is 0 Å². The number of nitrogens with zero attached hydrogens (tertiary/aromatic N) is 3. The van der Waals surface area contributed by atoms with Crippen LogP contribution in [0.1, 0.15) is 68.2 Å². The summed E-state index contributed by atoms with van der Waals surface area (Å²) in [7, 11) is 1.78. The van der Waals surface area contributed by atoms with Crippen molar-refractivity contribution in [3.05, 3.63) is 35.3 Å². The van der Waals surface area contributed by atoms with Crippen LogP contribution in [0, 0.1) is 16.7 Å². The number of nitrogens with two attached hydrogens (primary N) is 2. The molecule has 160 valence electrons. The number of carbonyl (C=O) groups excluding carboxylic acids is 1. The van der Waals surface area contributed by atoms with Gasteiger partial charge in [0.1, 0.15) is 11.4 Å². The molecule has 0 unspecified atom stereocenters. The normalized spacial score (nSPS) is 13.8. The highest BCUT2D eigenvalue weighted by molar-refractivity contribution is 5.98. The van der Waals surface area contributed by atoms with Crippen molar-refractivity contribution in [3.63, 3.8) is 0 Å². The van der Waals surface area contributed by atoms with Crippen LogP contribution in [0.25, 0.3) is 17.1 Å². The number of aryl methyl sites for hydroxylation is 1. The number of rotatable bonds is 6. The highest BCUT2D eigenvalue weighted by Crippen LogP contribution is 2.28. The first-order chi connectivity index (χ1) is 14.2. The lowest BCUT2D eigenvalue weighted by atomic mass is 9.84. The topological polar surface area (TPSA) is 148 Å². The lowest BCUT2D eigenvalue weighted by Crippen LogP contribution is -2.16. The summed E-state index contributed by atoms with van der Waals surface area (Å²) >= 11 is 0. The molecular formula is C22H31N7O. The molecule has 0 aliphatic heterocycles. The Hall–Kier alpha value is -3.29. The predicted octanol–water partition coefficient (Wildman–Crippen LogP) is 3.80. The average molecular weight is 410 g/mol. The summed E-state index contributed by atoms with van der Waals surface area (Å²) in [5.74, 6) is 0.864. The number of anilines is 1. The third kappa shape index (κ3) is 5.40. The van der Waals surface area contributed by atoms with E-state index >= 15 is 0 Å². The Morgan fingerprint density at radius 2 is 1.97 bits per heavy atom. The van der Waals surface area contributed by atoms with E-state index < -0.39 is 5.91 Å². The fraction of sp³-hybridized carbons (Fsp3) is 0.409. The second-order valence-corrected chi connectivity index (χ2v) is 7.64. The van der Waals surface area contributed by atoms with Crippen molar-refractivity contribution in [1.82, 2.24) is 14.5 Å². The molecule has 2 aromatic heterocycles. The molecule has 1 aliphatic carbocycles. The van der Waals surface area contributed by atoms with Gasteiger partial charge in [0.05, 0.1) is 5.69 Å². The van der Waals surface area contributed by atoms with Crippen LogP contribution in [-0.4, -0.2) is 32.4 Å². The van der Waals surface area contributed by atoms with E-state index in [0.29, 0.717) is 28.5 Å². The Balaban J connectivity index is 0.000000456. The van der Waals surface area contributed by atoms with Crippen molar-refractivity contribution >= 4 is 29.1 Å². The van der Waals surface area contributed by atoms with Crippen LogP contribution in [0.15, 0.2) is 18.3 Å². The van der Waals surface area contributed by atoms with Gasteiger partial charge in [0, 0.05) is 36.4 Å². The van der Waals surface area contributed by atoms with Crippen molar-refractivity contribution in [1.29, 1.82) is 10.8 Å². The number of allylic oxidation sites excluding steroid dienone is 2. The molecule has 1 saturated carbocycles. The van der Waals surface area contributed by atoms with Gasteiger partial charge >= 0.3 is 0 Å². The van der Waals surface area contributed by atoms with Gasteiger partial charge in [-0.05, 0) is 37.5 Å². The summed E-state index contributed by atoms with van der Waals surface area (Å²) in [6.45, 7) is 5.81. The van der Waals surface area contributed by atoms with E-state index in [1.54, 1.807) is 30.8 Å². The molecule has 1 amide bonds. The van der Waals surface area contributed by atoms with Gasteiger partial charge in [0.25, 0.3) is 5.91 Å². The van der Waals surface area contributed by atoms with E-state index in [1.807, 2.05) is 6.92 Å². The Kier molecular flexibility index (Phi) is 7.63.